The molecule has 5 rings (SSSR count). The number of carboxylic acid groups (broad SMARTS) is 1. The Bertz CT molecular complexity index is 2770. The number of urea groups is 1. The standard InChI is InChI=1S/C15H14Cl2F3N3O3.C15H16F3N5O4S.C8H6Cl2O3/c1-3-26-13(24)10(17)4-8-5-12(11(18)6-9(8)16)23-15(25)22(14(19)20)7(2)21-23;1-9-19-12(22-14(20-9)27-2)21-13(24)23-28(25,26)11-6-4-3-5-10(11)7-8-15(16,17)18;1-13-7-5(10)3-2-4(9)6(7)8(11)12/h5-6,10,14H,3-4H2,1-2H3;3-6H,7-8H2,1-2H3,(H2,19,20,21,22,23,24);2-3H,1H3,(H,11,12). The number of aromatic nitrogens is 6. The lowest BCUT2D eigenvalue weighted by molar-refractivity contribution is -0.142. The van der Waals surface area contributed by atoms with Crippen LogP contribution in [0.4, 0.5) is 37.1 Å². The Hall–Kier alpha value is -5.89. The number of carbonyl (C=O) groups excluding carboxylic acids is 2. The number of ether oxygens (including phenoxy) is 3. The number of esters is 1. The zero-order valence-corrected chi connectivity index (χ0v) is 38.9. The van der Waals surface area contributed by atoms with Crippen molar-refractivity contribution in [2.45, 2.75) is 63.0 Å². The molecule has 1 unspecified atom stereocenters. The van der Waals surface area contributed by atoms with E-state index in [1.807, 2.05) is 0 Å². The Balaban J connectivity index is 0.000000283. The van der Waals surface area contributed by atoms with E-state index in [4.69, 9.17) is 65.7 Å². The van der Waals surface area contributed by atoms with Gasteiger partial charge in [0.15, 0.2) is 11.6 Å². The normalized spacial score (nSPS) is 11.6. The molecule has 0 fully saturated rings. The summed E-state index contributed by atoms with van der Waals surface area (Å²) in [6, 6.07) is 8.73. The molecule has 2 aromatic heterocycles. The minimum absolute atomic E-state index is 0.0424. The van der Waals surface area contributed by atoms with Crippen LogP contribution in [0.3, 0.4) is 0 Å². The second kappa shape index (κ2) is 24.2. The molecule has 0 aliphatic heterocycles. The van der Waals surface area contributed by atoms with Gasteiger partial charge in [-0.05, 0) is 68.7 Å². The molecular formula is C38H36Cl4F6N8O10S. The number of amides is 2. The fourth-order valence-electron chi connectivity index (χ4n) is 5.36. The molecule has 2 heterocycles. The Kier molecular flexibility index (Phi) is 20.0. The van der Waals surface area contributed by atoms with Gasteiger partial charge < -0.3 is 19.3 Å². The topological polar surface area (TPSA) is 236 Å². The van der Waals surface area contributed by atoms with Gasteiger partial charge in [-0.25, -0.2) is 36.5 Å². The summed E-state index contributed by atoms with van der Waals surface area (Å²) in [5, 5.41) is 13.7. The molecule has 0 saturated carbocycles. The second-order valence-corrected chi connectivity index (χ2v) is 16.3. The summed E-state index contributed by atoms with van der Waals surface area (Å²) >= 11 is 23.3. The Morgan fingerprint density at radius 1 is 0.925 bits per heavy atom. The first-order chi connectivity index (χ1) is 31.2. The van der Waals surface area contributed by atoms with E-state index in [2.05, 4.69) is 25.4 Å². The van der Waals surface area contributed by atoms with Gasteiger partial charge in [-0.3, -0.25) is 10.1 Å². The summed E-state index contributed by atoms with van der Waals surface area (Å²) in [5.74, 6) is -3.05. The van der Waals surface area contributed by atoms with Crippen LogP contribution in [0.25, 0.3) is 5.69 Å². The molecule has 0 aliphatic carbocycles. The van der Waals surface area contributed by atoms with E-state index in [9.17, 15) is 53.9 Å². The number of halogens is 10. The van der Waals surface area contributed by atoms with Crippen molar-refractivity contribution in [2.24, 2.45) is 0 Å². The molecule has 5 aromatic rings. The number of nitrogens with zero attached hydrogens (tertiary/aromatic N) is 6. The summed E-state index contributed by atoms with van der Waals surface area (Å²) < 4.78 is 119. The highest BCUT2D eigenvalue weighted by atomic mass is 35.5. The fourth-order valence-corrected chi connectivity index (χ4v) is 7.46. The largest absolute Gasteiger partial charge is 0.494 e. The van der Waals surface area contributed by atoms with Crippen molar-refractivity contribution < 1.29 is 68.5 Å². The van der Waals surface area contributed by atoms with E-state index in [1.165, 1.54) is 58.4 Å². The predicted molar refractivity (Wildman–Crippen MR) is 230 cm³/mol. The van der Waals surface area contributed by atoms with Crippen molar-refractivity contribution in [3.05, 3.63) is 108 Å². The van der Waals surface area contributed by atoms with Gasteiger partial charge in [-0.15, -0.1) is 16.7 Å². The van der Waals surface area contributed by atoms with Crippen molar-refractivity contribution in [3.63, 3.8) is 0 Å². The lowest BCUT2D eigenvalue weighted by atomic mass is 10.1. The third-order valence-corrected chi connectivity index (χ3v) is 11.0. The number of aromatic carboxylic acids is 1. The van der Waals surface area contributed by atoms with Crippen LogP contribution in [0.15, 0.2) is 58.2 Å². The van der Waals surface area contributed by atoms with E-state index in [-0.39, 0.29) is 84.4 Å². The molecule has 3 N–H and O–H groups in total. The van der Waals surface area contributed by atoms with Crippen LogP contribution in [-0.2, 0) is 32.4 Å². The lowest BCUT2D eigenvalue weighted by Crippen LogP contribution is -2.35. The first-order valence-corrected chi connectivity index (χ1v) is 21.6. The third kappa shape index (κ3) is 15.6. The number of alkyl halides is 6. The van der Waals surface area contributed by atoms with Gasteiger partial charge in [0.05, 0.1) is 35.8 Å². The molecule has 0 bridgehead atoms. The molecule has 29 heteroatoms. The number of carboxylic acids is 1. The van der Waals surface area contributed by atoms with Crippen molar-refractivity contribution in [1.29, 1.82) is 0 Å². The molecule has 0 spiro atoms. The highest BCUT2D eigenvalue weighted by Crippen LogP contribution is 2.34. The number of hydrogen-bond donors (Lipinski definition) is 3. The SMILES string of the molecule is CCOC(=O)C(Cl)Cc1cc(-n2nc(C)n(C(F)F)c2=O)c(F)cc1Cl.COc1c(Cl)ccc(Cl)c1C(=O)O.COc1nc(C)nc(NC(=O)NS(=O)(=O)c2ccccc2CCC(F)(F)F)n1. The zero-order valence-electron chi connectivity index (χ0n) is 35.1. The van der Waals surface area contributed by atoms with Crippen molar-refractivity contribution >= 4 is 80.3 Å². The number of benzene rings is 3. The molecule has 3 aromatic carbocycles. The van der Waals surface area contributed by atoms with Crippen LogP contribution in [0.1, 0.15) is 53.0 Å². The van der Waals surface area contributed by atoms with Gasteiger partial charge in [0.1, 0.15) is 28.3 Å². The van der Waals surface area contributed by atoms with E-state index in [0.29, 0.717) is 4.68 Å². The first kappa shape index (κ1) is 55.4. The molecule has 0 aliphatic rings. The van der Waals surface area contributed by atoms with Crippen LogP contribution < -0.4 is 25.2 Å². The molecule has 364 valence electrons. The maximum absolute atomic E-state index is 14.2. The molecule has 67 heavy (non-hydrogen) atoms. The average Bonchev–Trinajstić information content (AvgIpc) is 3.54. The molecular weight excluding hydrogens is 1020 g/mol. The quantitative estimate of drug-likeness (QED) is 0.0541. The number of nitrogens with one attached hydrogen (secondary N) is 2. The highest BCUT2D eigenvalue weighted by molar-refractivity contribution is 7.90. The summed E-state index contributed by atoms with van der Waals surface area (Å²) in [7, 11) is -1.81. The van der Waals surface area contributed by atoms with Crippen LogP contribution >= 0.6 is 46.4 Å². The minimum Gasteiger partial charge on any atom is -0.494 e. The maximum Gasteiger partial charge on any atom is 0.389 e. The van der Waals surface area contributed by atoms with Gasteiger partial charge in [-0.2, -0.15) is 41.6 Å². The number of aryl methyl sites for hydroxylation is 3. The van der Waals surface area contributed by atoms with Crippen LogP contribution in [0, 0.1) is 19.7 Å². The first-order valence-electron chi connectivity index (χ1n) is 18.5. The van der Waals surface area contributed by atoms with E-state index in [0.717, 1.165) is 18.2 Å². The number of anilines is 1. The highest BCUT2D eigenvalue weighted by Gasteiger charge is 2.29. The molecule has 18 nitrogen and oxygen atoms in total. The summed E-state index contributed by atoms with van der Waals surface area (Å²) in [4.78, 5) is 57.4. The smallest absolute Gasteiger partial charge is 0.389 e. The van der Waals surface area contributed by atoms with Gasteiger partial charge in [-0.1, -0.05) is 53.0 Å². The van der Waals surface area contributed by atoms with Gasteiger partial charge in [0.25, 0.3) is 10.0 Å². The van der Waals surface area contributed by atoms with Gasteiger partial charge >= 0.3 is 42.4 Å². The van der Waals surface area contributed by atoms with Crippen molar-refractivity contribution in [3.8, 4) is 17.4 Å². The molecule has 2 amide bonds. The minimum atomic E-state index is -4.45. The van der Waals surface area contributed by atoms with E-state index >= 15 is 0 Å². The van der Waals surface area contributed by atoms with Crippen LogP contribution in [0.2, 0.25) is 15.1 Å². The number of carbonyl (C=O) groups is 3. The summed E-state index contributed by atoms with van der Waals surface area (Å²) in [6.07, 6.45) is -6.31. The zero-order chi connectivity index (χ0) is 50.6. The third-order valence-electron chi connectivity index (χ3n) is 8.24. The monoisotopic (exact) mass is 1050 g/mol. The van der Waals surface area contributed by atoms with Gasteiger partial charge in [0.2, 0.25) is 5.95 Å². The maximum atomic E-state index is 14.2. The van der Waals surface area contributed by atoms with E-state index in [1.54, 1.807) is 11.6 Å². The average molecular weight is 1050 g/mol. The Morgan fingerprint density at radius 3 is 2.12 bits per heavy atom. The second-order valence-electron chi connectivity index (χ2n) is 12.9. The summed E-state index contributed by atoms with van der Waals surface area (Å²) in [5.41, 5.74) is -1.55. The van der Waals surface area contributed by atoms with Crippen LogP contribution in [0.5, 0.6) is 11.8 Å². The molecule has 0 radical (unpaired) electrons. The van der Waals surface area contributed by atoms with E-state index < -0.39 is 75.3 Å². The molecule has 1 atom stereocenters. The molecule has 0 saturated heterocycles. The van der Waals surface area contributed by atoms with Gasteiger partial charge in [0, 0.05) is 17.9 Å². The number of methoxy groups -OCH3 is 2. The van der Waals surface area contributed by atoms with Crippen LogP contribution in [-0.4, -0.2) is 93.2 Å². The fraction of sp³-hybridized carbons (Fsp3) is 0.316. The number of sulfonamides is 1. The predicted octanol–water partition coefficient (Wildman–Crippen LogP) is 8.14. The number of hydrogen-bond acceptors (Lipinski definition) is 13. The van der Waals surface area contributed by atoms with Crippen molar-refractivity contribution in [2.75, 3.05) is 26.1 Å². The lowest BCUT2D eigenvalue weighted by Gasteiger charge is -2.13. The number of rotatable bonds is 14. The van der Waals surface area contributed by atoms with Crippen molar-refractivity contribution in [1.82, 2.24) is 34.0 Å². The Labute approximate surface area is 396 Å². The summed E-state index contributed by atoms with van der Waals surface area (Å²) in [6.45, 7) is 1.31. The Morgan fingerprint density at radius 2 is 1.57 bits per heavy atom.